The number of rotatable bonds is 4. The van der Waals surface area contributed by atoms with Crippen LogP contribution in [0.5, 0.6) is 11.5 Å². The largest absolute Gasteiger partial charge is 0.486 e. The van der Waals surface area contributed by atoms with Crippen LogP contribution in [-0.4, -0.2) is 40.8 Å². The van der Waals surface area contributed by atoms with E-state index in [1.54, 1.807) is 6.20 Å². The lowest BCUT2D eigenvalue weighted by Crippen LogP contribution is -2.43. The summed E-state index contributed by atoms with van der Waals surface area (Å²) in [6.45, 7) is 11.8. The van der Waals surface area contributed by atoms with E-state index in [1.165, 1.54) is 12.8 Å². The summed E-state index contributed by atoms with van der Waals surface area (Å²) in [5.41, 5.74) is 0.266. The van der Waals surface area contributed by atoms with Crippen LogP contribution < -0.4 is 9.47 Å². The van der Waals surface area contributed by atoms with Crippen LogP contribution in [0, 0.1) is 11.8 Å². The van der Waals surface area contributed by atoms with Crippen LogP contribution in [0.25, 0.3) is 0 Å². The first-order valence-electron chi connectivity index (χ1n) is 11.0. The Morgan fingerprint density at radius 3 is 2.66 bits per heavy atom. The van der Waals surface area contributed by atoms with Crippen molar-refractivity contribution in [2.75, 3.05) is 13.2 Å². The lowest BCUT2D eigenvalue weighted by molar-refractivity contribution is 0.0105. The molecule has 0 spiro atoms. The quantitative estimate of drug-likeness (QED) is 0.646. The van der Waals surface area contributed by atoms with Crippen molar-refractivity contribution in [3.63, 3.8) is 0 Å². The van der Waals surface area contributed by atoms with Crippen LogP contribution in [0.15, 0.2) is 12.3 Å². The van der Waals surface area contributed by atoms with Gasteiger partial charge in [-0.25, -0.2) is 4.79 Å². The molecule has 2 heterocycles. The van der Waals surface area contributed by atoms with Crippen molar-refractivity contribution < 1.29 is 19.0 Å². The Balaban J connectivity index is 1.82. The number of hydrogen-bond donors (Lipinski definition) is 0. The van der Waals surface area contributed by atoms with E-state index in [1.807, 2.05) is 31.7 Å². The first-order valence-corrected chi connectivity index (χ1v) is 11.0. The topological polar surface area (TPSA) is 60.9 Å². The Labute approximate surface area is 174 Å². The zero-order valence-electron chi connectivity index (χ0n) is 18.6. The second kappa shape index (κ2) is 9.23. The molecule has 2 aliphatic rings. The van der Waals surface area contributed by atoms with E-state index in [0.29, 0.717) is 37.2 Å². The summed E-state index contributed by atoms with van der Waals surface area (Å²) in [5, 5.41) is 0. The molecule has 3 atom stereocenters. The molecule has 1 fully saturated rings. The van der Waals surface area contributed by atoms with E-state index < -0.39 is 5.60 Å². The van der Waals surface area contributed by atoms with Gasteiger partial charge in [0, 0.05) is 12.1 Å². The summed E-state index contributed by atoms with van der Waals surface area (Å²) in [4.78, 5) is 19.6. The number of nitrogens with zero attached hydrogens (tertiary/aromatic N) is 2. The summed E-state index contributed by atoms with van der Waals surface area (Å²) in [5.74, 6) is 2.68. The van der Waals surface area contributed by atoms with Crippen LogP contribution in [0.2, 0.25) is 0 Å². The molecular weight excluding hydrogens is 368 g/mol. The van der Waals surface area contributed by atoms with Gasteiger partial charge < -0.3 is 14.2 Å². The number of ether oxygens (including phenoxy) is 3. The van der Waals surface area contributed by atoms with E-state index in [2.05, 4.69) is 18.8 Å². The number of carbonyl (C=O) groups is 1. The molecule has 1 aliphatic carbocycles. The molecule has 1 aromatic heterocycles. The van der Waals surface area contributed by atoms with Gasteiger partial charge >= 0.3 is 6.09 Å². The van der Waals surface area contributed by atoms with Crippen molar-refractivity contribution >= 4 is 6.09 Å². The van der Waals surface area contributed by atoms with Gasteiger partial charge in [-0.1, -0.05) is 33.1 Å². The molecular formula is C23H36N2O4. The van der Waals surface area contributed by atoms with E-state index in [-0.39, 0.29) is 12.1 Å². The number of amides is 1. The monoisotopic (exact) mass is 404 g/mol. The van der Waals surface area contributed by atoms with Crippen molar-refractivity contribution in [2.24, 2.45) is 11.8 Å². The fourth-order valence-electron chi connectivity index (χ4n) is 4.44. The smallest absolute Gasteiger partial charge is 0.410 e. The molecule has 1 aromatic rings. The maximum absolute atomic E-state index is 13.1. The highest BCUT2D eigenvalue weighted by Gasteiger charge is 2.33. The molecule has 3 unspecified atom stereocenters. The number of pyridine rings is 1. The Hall–Kier alpha value is -1.98. The molecule has 0 N–H and O–H groups in total. The standard InChI is InChI=1S/C23H36N2O4/c1-6-17-8-7-9-19(12-16(17)2)25(22(26)29-23(3,4)5)15-18-13-20-21(14-24-18)28-11-10-27-20/h13-14,16-17,19H,6-12,15H2,1-5H3. The Morgan fingerprint density at radius 2 is 1.97 bits per heavy atom. The Kier molecular flexibility index (Phi) is 6.91. The third-order valence-electron chi connectivity index (χ3n) is 5.97. The van der Waals surface area contributed by atoms with Crippen LogP contribution in [0.4, 0.5) is 4.79 Å². The zero-order valence-corrected chi connectivity index (χ0v) is 18.6. The molecule has 0 radical (unpaired) electrons. The number of aromatic nitrogens is 1. The minimum absolute atomic E-state index is 0.159. The van der Waals surface area contributed by atoms with Crippen molar-refractivity contribution in [2.45, 2.75) is 84.9 Å². The Bertz CT molecular complexity index is 701. The SMILES string of the molecule is CCC1CCCC(N(Cc2cc3c(cn2)OCCO3)C(=O)OC(C)(C)C)CC1C. The third kappa shape index (κ3) is 5.77. The minimum atomic E-state index is -0.530. The van der Waals surface area contributed by atoms with Gasteiger partial charge in [-0.2, -0.15) is 0 Å². The number of hydrogen-bond acceptors (Lipinski definition) is 5. The summed E-state index contributed by atoms with van der Waals surface area (Å²) in [7, 11) is 0. The predicted molar refractivity (Wildman–Crippen MR) is 112 cm³/mol. The van der Waals surface area contributed by atoms with Crippen molar-refractivity contribution in [3.05, 3.63) is 18.0 Å². The molecule has 0 bridgehead atoms. The summed E-state index contributed by atoms with van der Waals surface area (Å²) >= 11 is 0. The summed E-state index contributed by atoms with van der Waals surface area (Å²) in [6, 6.07) is 2.05. The molecule has 1 aliphatic heterocycles. The fourth-order valence-corrected chi connectivity index (χ4v) is 4.44. The van der Waals surface area contributed by atoms with Gasteiger partial charge in [0.2, 0.25) is 0 Å². The van der Waals surface area contributed by atoms with Crippen LogP contribution in [0.3, 0.4) is 0 Å². The highest BCUT2D eigenvalue weighted by molar-refractivity contribution is 5.68. The van der Waals surface area contributed by atoms with E-state index in [0.717, 1.165) is 30.9 Å². The second-order valence-electron chi connectivity index (χ2n) is 9.39. The first-order chi connectivity index (χ1) is 13.8. The van der Waals surface area contributed by atoms with Gasteiger partial charge in [0.15, 0.2) is 11.5 Å². The van der Waals surface area contributed by atoms with Crippen molar-refractivity contribution in [1.82, 2.24) is 9.88 Å². The van der Waals surface area contributed by atoms with E-state index in [9.17, 15) is 4.79 Å². The fraction of sp³-hybridized carbons (Fsp3) is 0.739. The maximum Gasteiger partial charge on any atom is 0.410 e. The van der Waals surface area contributed by atoms with Gasteiger partial charge in [0.25, 0.3) is 0 Å². The Morgan fingerprint density at radius 1 is 1.24 bits per heavy atom. The van der Waals surface area contributed by atoms with E-state index in [4.69, 9.17) is 14.2 Å². The van der Waals surface area contributed by atoms with Crippen LogP contribution in [0.1, 0.15) is 72.4 Å². The molecule has 162 valence electrons. The van der Waals surface area contributed by atoms with Gasteiger partial charge in [0.05, 0.1) is 18.4 Å². The normalized spacial score (nSPS) is 24.5. The second-order valence-corrected chi connectivity index (χ2v) is 9.39. The molecule has 6 nitrogen and oxygen atoms in total. The van der Waals surface area contributed by atoms with Crippen molar-refractivity contribution in [3.8, 4) is 11.5 Å². The third-order valence-corrected chi connectivity index (χ3v) is 5.97. The summed E-state index contributed by atoms with van der Waals surface area (Å²) in [6.07, 6.45) is 7.01. The average Bonchev–Trinajstić information content (AvgIpc) is 2.85. The zero-order chi connectivity index (χ0) is 21.0. The predicted octanol–water partition coefficient (Wildman–Crippen LogP) is 5.19. The maximum atomic E-state index is 13.1. The molecule has 3 rings (SSSR count). The molecule has 6 heteroatoms. The molecule has 0 aromatic carbocycles. The summed E-state index contributed by atoms with van der Waals surface area (Å²) < 4.78 is 17.0. The molecule has 0 saturated heterocycles. The highest BCUT2D eigenvalue weighted by atomic mass is 16.6. The van der Waals surface area contributed by atoms with Crippen LogP contribution in [-0.2, 0) is 11.3 Å². The van der Waals surface area contributed by atoms with Gasteiger partial charge in [-0.15, -0.1) is 0 Å². The van der Waals surface area contributed by atoms with Gasteiger partial charge in [0.1, 0.15) is 18.8 Å². The minimum Gasteiger partial charge on any atom is -0.486 e. The first kappa shape index (κ1) is 21.7. The lowest BCUT2D eigenvalue weighted by atomic mass is 9.87. The molecule has 29 heavy (non-hydrogen) atoms. The van der Waals surface area contributed by atoms with Gasteiger partial charge in [-0.3, -0.25) is 9.88 Å². The van der Waals surface area contributed by atoms with Gasteiger partial charge in [-0.05, 0) is 45.4 Å². The molecule has 1 amide bonds. The molecule has 1 saturated carbocycles. The highest BCUT2D eigenvalue weighted by Crippen LogP contribution is 2.35. The van der Waals surface area contributed by atoms with Crippen molar-refractivity contribution in [1.29, 1.82) is 0 Å². The average molecular weight is 405 g/mol. The lowest BCUT2D eigenvalue weighted by Gasteiger charge is -2.34. The van der Waals surface area contributed by atoms with E-state index >= 15 is 0 Å². The number of carbonyl (C=O) groups excluding carboxylic acids is 1. The van der Waals surface area contributed by atoms with Crippen LogP contribution >= 0.6 is 0 Å². The number of fused-ring (bicyclic) bond motifs is 1.